The number of nitrogens with zero attached hydrogens (tertiary/aromatic N) is 2. The third kappa shape index (κ3) is 2.01. The average molecular weight is 224 g/mol. The summed E-state index contributed by atoms with van der Waals surface area (Å²) in [7, 11) is 0. The summed E-state index contributed by atoms with van der Waals surface area (Å²) in [4.78, 5) is 5.26. The van der Waals surface area contributed by atoms with E-state index >= 15 is 0 Å². The van der Waals surface area contributed by atoms with Gasteiger partial charge >= 0.3 is 0 Å². The first-order chi connectivity index (χ1) is 7.84. The minimum atomic E-state index is -0.0482. The first kappa shape index (κ1) is 11.0. The lowest BCUT2D eigenvalue weighted by Crippen LogP contribution is -2.45. The van der Waals surface area contributed by atoms with Crippen molar-refractivity contribution < 1.29 is 5.11 Å². The zero-order valence-corrected chi connectivity index (χ0v) is 10.1. The number of rotatable bonds is 1. The molecule has 2 saturated heterocycles. The van der Waals surface area contributed by atoms with Crippen LogP contribution in [0.3, 0.4) is 0 Å². The largest absolute Gasteiger partial charge is 0.391 e. The lowest BCUT2D eigenvalue weighted by molar-refractivity contribution is 0.0662. The molecule has 0 bridgehead atoms. The Morgan fingerprint density at radius 1 is 0.812 bits per heavy atom. The molecule has 3 aliphatic rings. The molecular formula is C13H24N2O. The zero-order chi connectivity index (χ0) is 11.0. The van der Waals surface area contributed by atoms with Crippen LogP contribution in [0.1, 0.15) is 38.5 Å². The van der Waals surface area contributed by atoms with E-state index in [1.165, 1.54) is 58.3 Å². The van der Waals surface area contributed by atoms with Gasteiger partial charge in [-0.25, -0.2) is 0 Å². The van der Waals surface area contributed by atoms with Gasteiger partial charge in [-0.2, -0.15) is 0 Å². The number of aliphatic hydroxyl groups is 1. The van der Waals surface area contributed by atoms with Gasteiger partial charge in [0, 0.05) is 18.6 Å². The fourth-order valence-corrected chi connectivity index (χ4v) is 3.88. The Morgan fingerprint density at radius 3 is 2.44 bits per heavy atom. The Bertz CT molecular complexity index is 246. The summed E-state index contributed by atoms with van der Waals surface area (Å²) in [5.41, 5.74) is 0. The molecule has 3 atom stereocenters. The van der Waals surface area contributed by atoms with Crippen LogP contribution in [-0.4, -0.2) is 59.3 Å². The highest BCUT2D eigenvalue weighted by molar-refractivity contribution is 4.91. The van der Waals surface area contributed by atoms with Gasteiger partial charge in [0.15, 0.2) is 0 Å². The van der Waals surface area contributed by atoms with Gasteiger partial charge in [0.1, 0.15) is 0 Å². The lowest BCUT2D eigenvalue weighted by atomic mass is 10.1. The maximum absolute atomic E-state index is 10.0. The molecule has 0 aromatic heterocycles. The minimum Gasteiger partial charge on any atom is -0.391 e. The molecule has 16 heavy (non-hydrogen) atoms. The van der Waals surface area contributed by atoms with Crippen molar-refractivity contribution in [2.45, 2.75) is 56.7 Å². The standard InChI is InChI=1S/C13H24N2O/c16-13-6-1-5-12(13)15-9-3-8-14-7-2-4-11(14)10-15/h11-13,16H,1-10H2. The minimum absolute atomic E-state index is 0.0482. The highest BCUT2D eigenvalue weighted by atomic mass is 16.3. The van der Waals surface area contributed by atoms with E-state index in [1.54, 1.807) is 0 Å². The van der Waals surface area contributed by atoms with Crippen molar-refractivity contribution in [1.82, 2.24) is 9.80 Å². The Balaban J connectivity index is 1.66. The fraction of sp³-hybridized carbons (Fsp3) is 1.00. The van der Waals surface area contributed by atoms with Crippen molar-refractivity contribution in [3.8, 4) is 0 Å². The molecule has 0 amide bonds. The lowest BCUT2D eigenvalue weighted by Gasteiger charge is -2.32. The van der Waals surface area contributed by atoms with Crippen LogP contribution in [-0.2, 0) is 0 Å². The Hall–Kier alpha value is -0.120. The van der Waals surface area contributed by atoms with E-state index in [-0.39, 0.29) is 6.10 Å². The van der Waals surface area contributed by atoms with E-state index in [2.05, 4.69) is 9.80 Å². The van der Waals surface area contributed by atoms with E-state index < -0.39 is 0 Å². The van der Waals surface area contributed by atoms with Crippen LogP contribution in [0.15, 0.2) is 0 Å². The van der Waals surface area contributed by atoms with Crippen LogP contribution in [0, 0.1) is 0 Å². The summed E-state index contributed by atoms with van der Waals surface area (Å²) in [5.74, 6) is 0. The Kier molecular flexibility index (Phi) is 3.18. The van der Waals surface area contributed by atoms with Crippen molar-refractivity contribution in [2.75, 3.05) is 26.2 Å². The highest BCUT2D eigenvalue weighted by Crippen LogP contribution is 2.28. The van der Waals surface area contributed by atoms with Crippen LogP contribution in [0.2, 0.25) is 0 Å². The van der Waals surface area contributed by atoms with Crippen molar-refractivity contribution in [3.63, 3.8) is 0 Å². The van der Waals surface area contributed by atoms with Gasteiger partial charge in [-0.3, -0.25) is 9.80 Å². The molecule has 3 unspecified atom stereocenters. The molecule has 1 N–H and O–H groups in total. The zero-order valence-electron chi connectivity index (χ0n) is 10.1. The molecule has 3 nitrogen and oxygen atoms in total. The second-order valence-corrected chi connectivity index (χ2v) is 5.75. The van der Waals surface area contributed by atoms with Crippen molar-refractivity contribution in [2.24, 2.45) is 0 Å². The third-order valence-electron chi connectivity index (χ3n) is 4.75. The average Bonchev–Trinajstić information content (AvgIpc) is 2.83. The van der Waals surface area contributed by atoms with Crippen LogP contribution in [0.5, 0.6) is 0 Å². The predicted molar refractivity (Wildman–Crippen MR) is 64.4 cm³/mol. The van der Waals surface area contributed by atoms with Gasteiger partial charge in [-0.1, -0.05) is 0 Å². The molecule has 0 spiro atoms. The summed E-state index contributed by atoms with van der Waals surface area (Å²) >= 11 is 0. The van der Waals surface area contributed by atoms with Crippen LogP contribution < -0.4 is 0 Å². The molecule has 92 valence electrons. The normalized spacial score (nSPS) is 42.2. The van der Waals surface area contributed by atoms with Crippen LogP contribution in [0.25, 0.3) is 0 Å². The van der Waals surface area contributed by atoms with Gasteiger partial charge in [-0.15, -0.1) is 0 Å². The van der Waals surface area contributed by atoms with E-state index in [1.807, 2.05) is 0 Å². The molecule has 0 aromatic carbocycles. The number of hydrogen-bond acceptors (Lipinski definition) is 3. The SMILES string of the molecule is OC1CCCC1N1CCCN2CCCC2C1. The van der Waals surface area contributed by atoms with Gasteiger partial charge in [-0.05, 0) is 58.2 Å². The van der Waals surface area contributed by atoms with Gasteiger partial charge in [0.05, 0.1) is 6.10 Å². The van der Waals surface area contributed by atoms with Crippen LogP contribution in [0.4, 0.5) is 0 Å². The maximum atomic E-state index is 10.0. The maximum Gasteiger partial charge on any atom is 0.0695 e. The first-order valence-corrected chi connectivity index (χ1v) is 7.01. The molecule has 0 aromatic rings. The fourth-order valence-electron chi connectivity index (χ4n) is 3.88. The third-order valence-corrected chi connectivity index (χ3v) is 4.75. The van der Waals surface area contributed by atoms with E-state index in [4.69, 9.17) is 0 Å². The Morgan fingerprint density at radius 2 is 1.62 bits per heavy atom. The molecule has 1 saturated carbocycles. The summed E-state index contributed by atoms with van der Waals surface area (Å²) < 4.78 is 0. The number of fused-ring (bicyclic) bond motifs is 1. The van der Waals surface area contributed by atoms with Crippen molar-refractivity contribution in [1.29, 1.82) is 0 Å². The molecule has 3 rings (SSSR count). The topological polar surface area (TPSA) is 26.7 Å². The quantitative estimate of drug-likeness (QED) is 0.722. The van der Waals surface area contributed by atoms with Gasteiger partial charge in [0.2, 0.25) is 0 Å². The summed E-state index contributed by atoms with van der Waals surface area (Å²) in [6, 6.07) is 1.26. The number of hydrogen-bond donors (Lipinski definition) is 1. The second-order valence-electron chi connectivity index (χ2n) is 5.75. The summed E-state index contributed by atoms with van der Waals surface area (Å²) in [6.45, 7) is 5.01. The molecule has 3 heteroatoms. The Labute approximate surface area is 98.4 Å². The van der Waals surface area contributed by atoms with E-state index in [9.17, 15) is 5.11 Å². The monoisotopic (exact) mass is 224 g/mol. The molecule has 2 aliphatic heterocycles. The molecular weight excluding hydrogens is 200 g/mol. The van der Waals surface area contributed by atoms with Gasteiger partial charge in [0.25, 0.3) is 0 Å². The van der Waals surface area contributed by atoms with E-state index in [0.29, 0.717) is 6.04 Å². The smallest absolute Gasteiger partial charge is 0.0695 e. The van der Waals surface area contributed by atoms with Gasteiger partial charge < -0.3 is 5.11 Å². The molecule has 2 heterocycles. The van der Waals surface area contributed by atoms with Crippen molar-refractivity contribution in [3.05, 3.63) is 0 Å². The van der Waals surface area contributed by atoms with Crippen molar-refractivity contribution >= 4 is 0 Å². The van der Waals surface area contributed by atoms with E-state index in [0.717, 1.165) is 12.5 Å². The first-order valence-electron chi connectivity index (χ1n) is 7.01. The summed E-state index contributed by atoms with van der Waals surface area (Å²) in [5, 5.41) is 10.0. The highest BCUT2D eigenvalue weighted by Gasteiger charge is 2.35. The molecule has 3 fully saturated rings. The summed E-state index contributed by atoms with van der Waals surface area (Å²) in [6.07, 6.45) is 7.46. The predicted octanol–water partition coefficient (Wildman–Crippen LogP) is 1.07. The number of aliphatic hydroxyl groups excluding tert-OH is 1. The van der Waals surface area contributed by atoms with Crippen LogP contribution >= 0.6 is 0 Å². The second kappa shape index (κ2) is 4.63. The molecule has 0 radical (unpaired) electrons. The molecule has 1 aliphatic carbocycles.